The molecule has 1 saturated heterocycles. The quantitative estimate of drug-likeness (QED) is 0.861. The Morgan fingerprint density at radius 3 is 2.76 bits per heavy atom. The maximum Gasteiger partial charge on any atom is 0.255 e. The van der Waals surface area contributed by atoms with E-state index in [9.17, 15) is 9.59 Å². The zero-order chi connectivity index (χ0) is 20.5. The summed E-state index contributed by atoms with van der Waals surface area (Å²) in [6, 6.07) is 3.68. The number of rotatable bonds is 4. The lowest BCUT2D eigenvalue weighted by Gasteiger charge is -2.25. The molecule has 0 radical (unpaired) electrons. The minimum atomic E-state index is -0.124. The molecule has 1 N–H and O–H groups in total. The van der Waals surface area contributed by atoms with Gasteiger partial charge in [0.15, 0.2) is 0 Å². The van der Waals surface area contributed by atoms with Crippen LogP contribution in [0.4, 0.5) is 5.82 Å². The van der Waals surface area contributed by atoms with Crippen molar-refractivity contribution in [2.45, 2.75) is 46.2 Å². The summed E-state index contributed by atoms with van der Waals surface area (Å²) in [5.41, 5.74) is 4.46. The Kier molecular flexibility index (Phi) is 5.32. The van der Waals surface area contributed by atoms with E-state index in [2.05, 4.69) is 21.4 Å². The molecule has 0 aromatic carbocycles. The highest BCUT2D eigenvalue weighted by molar-refractivity contribution is 6.01. The second-order valence-electron chi connectivity index (χ2n) is 7.84. The van der Waals surface area contributed by atoms with Crippen molar-refractivity contribution >= 4 is 17.6 Å². The van der Waals surface area contributed by atoms with Crippen LogP contribution < -0.4 is 5.32 Å². The second kappa shape index (κ2) is 7.91. The number of nitrogens with one attached hydrogen (secondary N) is 1. The van der Waals surface area contributed by atoms with Crippen LogP contribution in [0.5, 0.6) is 0 Å². The fourth-order valence-corrected chi connectivity index (χ4v) is 3.92. The summed E-state index contributed by atoms with van der Waals surface area (Å²) in [5, 5.41) is 2.95. The topological polar surface area (TPSA) is 84.4 Å². The van der Waals surface area contributed by atoms with Crippen molar-refractivity contribution in [1.82, 2.24) is 14.9 Å². The van der Waals surface area contributed by atoms with Gasteiger partial charge in [0.05, 0.1) is 12.6 Å². The molecule has 0 saturated carbocycles. The number of anilines is 1. The fourth-order valence-electron chi connectivity index (χ4n) is 3.92. The van der Waals surface area contributed by atoms with Crippen LogP contribution in [-0.4, -0.2) is 39.9 Å². The molecule has 4 rings (SSSR count). The van der Waals surface area contributed by atoms with Crippen LogP contribution in [-0.2, 0) is 16.1 Å². The first-order valence-corrected chi connectivity index (χ1v) is 10.1. The molecule has 2 aliphatic rings. The van der Waals surface area contributed by atoms with Gasteiger partial charge in [0.1, 0.15) is 5.82 Å². The van der Waals surface area contributed by atoms with E-state index in [1.807, 2.05) is 31.9 Å². The Bertz CT molecular complexity index is 953. The molecule has 7 heteroatoms. The van der Waals surface area contributed by atoms with Crippen molar-refractivity contribution in [3.05, 3.63) is 52.5 Å². The van der Waals surface area contributed by atoms with Crippen LogP contribution in [0.15, 0.2) is 24.5 Å². The predicted molar refractivity (Wildman–Crippen MR) is 108 cm³/mol. The zero-order valence-corrected chi connectivity index (χ0v) is 17.1. The Hall–Kier alpha value is -2.80. The van der Waals surface area contributed by atoms with Gasteiger partial charge in [-0.05, 0) is 50.8 Å². The normalized spacial score (nSPS) is 17.9. The van der Waals surface area contributed by atoms with Crippen molar-refractivity contribution in [2.75, 3.05) is 18.5 Å². The average molecular weight is 394 g/mol. The van der Waals surface area contributed by atoms with Gasteiger partial charge in [0, 0.05) is 48.3 Å². The molecule has 152 valence electrons. The van der Waals surface area contributed by atoms with E-state index < -0.39 is 0 Å². The summed E-state index contributed by atoms with van der Waals surface area (Å²) in [6.07, 6.45) is 4.84. The minimum Gasteiger partial charge on any atom is -0.381 e. The van der Waals surface area contributed by atoms with Crippen LogP contribution in [0, 0.1) is 19.8 Å². The molecule has 1 atom stereocenters. The van der Waals surface area contributed by atoms with Crippen LogP contribution in [0.25, 0.3) is 0 Å². The molecule has 29 heavy (non-hydrogen) atoms. The molecule has 0 bridgehead atoms. The van der Waals surface area contributed by atoms with Gasteiger partial charge in [-0.15, -0.1) is 0 Å². The van der Waals surface area contributed by atoms with Crippen LogP contribution in [0.2, 0.25) is 0 Å². The number of carbonyl (C=O) groups excluding carboxylic acids is 2. The molecule has 4 heterocycles. The minimum absolute atomic E-state index is 0.0466. The number of hydrogen-bond donors (Lipinski definition) is 1. The molecule has 0 spiro atoms. The summed E-state index contributed by atoms with van der Waals surface area (Å²) >= 11 is 0. The Morgan fingerprint density at radius 1 is 1.28 bits per heavy atom. The summed E-state index contributed by atoms with van der Waals surface area (Å²) in [5.74, 6) is 0.316. The van der Waals surface area contributed by atoms with Gasteiger partial charge < -0.3 is 15.0 Å². The molecule has 1 fully saturated rings. The van der Waals surface area contributed by atoms with E-state index >= 15 is 0 Å². The lowest BCUT2D eigenvalue weighted by atomic mass is 9.99. The number of aryl methyl sites for hydroxylation is 2. The SMILES string of the molecule is Cc1cc(C(C)N2Cc3c(ccnc3NC(=O)C3CCOCC3)C2=O)cnc1C. The first kappa shape index (κ1) is 19.5. The Labute approximate surface area is 170 Å². The molecular weight excluding hydrogens is 368 g/mol. The summed E-state index contributed by atoms with van der Waals surface area (Å²) in [7, 11) is 0. The monoisotopic (exact) mass is 394 g/mol. The van der Waals surface area contributed by atoms with Crippen molar-refractivity contribution < 1.29 is 14.3 Å². The van der Waals surface area contributed by atoms with Gasteiger partial charge in [0.25, 0.3) is 5.91 Å². The van der Waals surface area contributed by atoms with E-state index in [1.165, 1.54) is 0 Å². The molecule has 7 nitrogen and oxygen atoms in total. The number of pyridine rings is 2. The third kappa shape index (κ3) is 3.74. The van der Waals surface area contributed by atoms with Gasteiger partial charge in [0.2, 0.25) is 5.91 Å². The number of aromatic nitrogens is 2. The smallest absolute Gasteiger partial charge is 0.255 e. The van der Waals surface area contributed by atoms with E-state index in [-0.39, 0.29) is 23.8 Å². The first-order chi connectivity index (χ1) is 14.0. The van der Waals surface area contributed by atoms with Crippen LogP contribution >= 0.6 is 0 Å². The van der Waals surface area contributed by atoms with E-state index in [1.54, 1.807) is 12.3 Å². The number of hydrogen-bond acceptors (Lipinski definition) is 5. The Morgan fingerprint density at radius 2 is 2.03 bits per heavy atom. The molecule has 2 aromatic heterocycles. The van der Waals surface area contributed by atoms with Crippen molar-refractivity contribution in [3.8, 4) is 0 Å². The van der Waals surface area contributed by atoms with Crippen molar-refractivity contribution in [2.24, 2.45) is 5.92 Å². The van der Waals surface area contributed by atoms with Crippen LogP contribution in [0.3, 0.4) is 0 Å². The van der Waals surface area contributed by atoms with Crippen LogP contribution in [0.1, 0.15) is 58.5 Å². The molecule has 0 aliphatic carbocycles. The number of fused-ring (bicyclic) bond motifs is 1. The third-order valence-corrected chi connectivity index (χ3v) is 6.02. The lowest BCUT2D eigenvalue weighted by molar-refractivity contribution is -0.122. The number of nitrogens with zero attached hydrogens (tertiary/aromatic N) is 3. The van der Waals surface area contributed by atoms with Gasteiger partial charge in [-0.3, -0.25) is 14.6 Å². The zero-order valence-electron chi connectivity index (χ0n) is 17.1. The third-order valence-electron chi connectivity index (χ3n) is 6.02. The largest absolute Gasteiger partial charge is 0.381 e. The summed E-state index contributed by atoms with van der Waals surface area (Å²) in [6.45, 7) is 7.62. The van der Waals surface area contributed by atoms with Crippen molar-refractivity contribution in [3.63, 3.8) is 0 Å². The fraction of sp³-hybridized carbons (Fsp3) is 0.455. The molecule has 2 aromatic rings. The Balaban J connectivity index is 1.55. The highest BCUT2D eigenvalue weighted by Crippen LogP contribution is 2.34. The number of amides is 2. The lowest BCUT2D eigenvalue weighted by Crippen LogP contribution is -2.29. The molecule has 2 amide bonds. The highest BCUT2D eigenvalue weighted by atomic mass is 16.5. The average Bonchev–Trinajstić information content (AvgIpc) is 3.08. The first-order valence-electron chi connectivity index (χ1n) is 10.1. The summed E-state index contributed by atoms with van der Waals surface area (Å²) in [4.78, 5) is 36.3. The predicted octanol–water partition coefficient (Wildman–Crippen LogP) is 3.18. The van der Waals surface area contributed by atoms with E-state index in [4.69, 9.17) is 4.74 Å². The van der Waals surface area contributed by atoms with Gasteiger partial charge in [-0.1, -0.05) is 6.07 Å². The molecule has 1 unspecified atom stereocenters. The summed E-state index contributed by atoms with van der Waals surface area (Å²) < 4.78 is 5.33. The maximum atomic E-state index is 13.1. The van der Waals surface area contributed by atoms with Gasteiger partial charge in [-0.25, -0.2) is 4.98 Å². The standard InChI is InChI=1S/C22H26N4O3/c1-13-10-17(11-24-14(13)2)15(3)26-12-19-18(22(26)28)4-7-23-20(19)25-21(27)16-5-8-29-9-6-16/h4,7,10-11,15-16H,5-6,8-9,12H2,1-3H3,(H,23,25,27). The molecular formula is C22H26N4O3. The van der Waals surface area contributed by atoms with Crippen molar-refractivity contribution in [1.29, 1.82) is 0 Å². The van der Waals surface area contributed by atoms with E-state index in [0.717, 1.165) is 22.4 Å². The highest BCUT2D eigenvalue weighted by Gasteiger charge is 2.34. The van der Waals surface area contributed by atoms with Gasteiger partial charge >= 0.3 is 0 Å². The number of carbonyl (C=O) groups is 2. The molecule has 2 aliphatic heterocycles. The maximum absolute atomic E-state index is 13.1. The van der Waals surface area contributed by atoms with Gasteiger partial charge in [-0.2, -0.15) is 0 Å². The second-order valence-corrected chi connectivity index (χ2v) is 7.84. The van der Waals surface area contributed by atoms with E-state index in [0.29, 0.717) is 44.0 Å². The number of ether oxygens (including phenoxy) is 1.